The number of benzene rings is 2. The van der Waals surface area contributed by atoms with Gasteiger partial charge in [-0.05, 0) is 71.2 Å². The Bertz CT molecular complexity index is 1300. The van der Waals surface area contributed by atoms with Crippen molar-refractivity contribution in [3.63, 3.8) is 0 Å². The van der Waals surface area contributed by atoms with Crippen LogP contribution in [0.1, 0.15) is 66.0 Å². The molecule has 0 bridgehead atoms. The second-order valence-corrected chi connectivity index (χ2v) is 12.9. The van der Waals surface area contributed by atoms with E-state index in [4.69, 9.17) is 28.4 Å². The number of carbonyl (C=O) groups excluding carboxylic acids is 4. The van der Waals surface area contributed by atoms with Gasteiger partial charge in [0.25, 0.3) is 0 Å². The van der Waals surface area contributed by atoms with Crippen molar-refractivity contribution in [2.75, 3.05) is 6.61 Å². The predicted octanol–water partition coefficient (Wildman–Crippen LogP) is 5.28. The van der Waals surface area contributed by atoms with Crippen molar-refractivity contribution in [3.8, 4) is 5.75 Å². The number of rotatable bonds is 11. The van der Waals surface area contributed by atoms with Crippen LogP contribution in [0.5, 0.6) is 5.75 Å². The highest BCUT2D eigenvalue weighted by atomic mass is 19.1. The molecule has 11 heteroatoms. The number of alkyl halides is 1. The van der Waals surface area contributed by atoms with E-state index in [1.165, 1.54) is 0 Å². The molecule has 0 amide bonds. The highest BCUT2D eigenvalue weighted by Gasteiger charge is 2.53. The lowest BCUT2D eigenvalue weighted by Crippen LogP contribution is -2.61. The van der Waals surface area contributed by atoms with Crippen molar-refractivity contribution in [1.82, 2.24) is 0 Å². The normalized spacial score (nSPS) is 21.7. The van der Waals surface area contributed by atoms with Gasteiger partial charge in [0.15, 0.2) is 12.2 Å². The van der Waals surface area contributed by atoms with E-state index in [0.717, 1.165) is 18.1 Å². The molecule has 0 aromatic heterocycles. The molecule has 2 aromatic carbocycles. The summed E-state index contributed by atoms with van der Waals surface area (Å²) < 4.78 is 49.3. The van der Waals surface area contributed by atoms with Crippen molar-refractivity contribution < 1.29 is 52.0 Å². The van der Waals surface area contributed by atoms with Gasteiger partial charge in [0.05, 0.1) is 10.8 Å². The van der Waals surface area contributed by atoms with E-state index in [0.29, 0.717) is 6.42 Å². The Hall–Kier alpha value is -3.99. The SMILES string of the molecule is CC(=O)O[C@H]1[C@H](OC(=O)C(C)(C)C)[C@H](F)[C@H](Oc2ccc(CCC(=O)OCc3ccccc3)cc2)O[C@@H]1COC(=O)C(C)(C)C. The fourth-order valence-electron chi connectivity index (χ4n) is 4.17. The topological polar surface area (TPSA) is 124 Å². The summed E-state index contributed by atoms with van der Waals surface area (Å²) in [6.07, 6.45) is -7.34. The maximum atomic E-state index is 16.0. The van der Waals surface area contributed by atoms with Crippen LogP contribution in [0.3, 0.4) is 0 Å². The average Bonchev–Trinajstić information content (AvgIpc) is 2.97. The van der Waals surface area contributed by atoms with Gasteiger partial charge in [-0.2, -0.15) is 0 Å². The smallest absolute Gasteiger partial charge is 0.311 e. The molecule has 246 valence electrons. The molecule has 3 rings (SSSR count). The molecule has 0 spiro atoms. The summed E-state index contributed by atoms with van der Waals surface area (Å²) in [5.74, 6) is -2.17. The first-order valence-electron chi connectivity index (χ1n) is 14.8. The van der Waals surface area contributed by atoms with Gasteiger partial charge in [0.2, 0.25) is 12.5 Å². The van der Waals surface area contributed by atoms with Gasteiger partial charge in [-0.25, -0.2) is 4.39 Å². The largest absolute Gasteiger partial charge is 0.462 e. The fourth-order valence-corrected chi connectivity index (χ4v) is 4.17. The molecule has 45 heavy (non-hydrogen) atoms. The number of aryl methyl sites for hydroxylation is 1. The maximum Gasteiger partial charge on any atom is 0.311 e. The lowest BCUT2D eigenvalue weighted by molar-refractivity contribution is -0.274. The second-order valence-electron chi connectivity index (χ2n) is 12.9. The van der Waals surface area contributed by atoms with Crippen molar-refractivity contribution in [3.05, 3.63) is 65.7 Å². The van der Waals surface area contributed by atoms with Crippen LogP contribution < -0.4 is 4.74 Å². The second kappa shape index (κ2) is 15.3. The molecule has 0 radical (unpaired) electrons. The minimum Gasteiger partial charge on any atom is -0.462 e. The molecule has 1 heterocycles. The van der Waals surface area contributed by atoms with E-state index in [-0.39, 0.29) is 24.7 Å². The van der Waals surface area contributed by atoms with Gasteiger partial charge in [-0.3, -0.25) is 19.2 Å². The summed E-state index contributed by atoms with van der Waals surface area (Å²) in [5.41, 5.74) is -0.123. The monoisotopic (exact) mass is 630 g/mol. The Morgan fingerprint density at radius 1 is 0.778 bits per heavy atom. The summed E-state index contributed by atoms with van der Waals surface area (Å²) in [5, 5.41) is 0. The quantitative estimate of drug-likeness (QED) is 0.239. The zero-order valence-electron chi connectivity index (χ0n) is 26.9. The van der Waals surface area contributed by atoms with Gasteiger partial charge < -0.3 is 28.4 Å². The number of hydrogen-bond acceptors (Lipinski definition) is 10. The highest BCUT2D eigenvalue weighted by Crippen LogP contribution is 2.32. The molecule has 2 aromatic rings. The first kappa shape index (κ1) is 35.5. The predicted molar refractivity (Wildman–Crippen MR) is 160 cm³/mol. The fraction of sp³-hybridized carbons (Fsp3) is 0.529. The molecule has 5 atom stereocenters. The molecule has 1 aliphatic heterocycles. The van der Waals surface area contributed by atoms with Gasteiger partial charge in [-0.1, -0.05) is 42.5 Å². The standard InChI is InChI=1S/C34H43FO10/c1-21(36)42-28-25(20-41-31(38)33(2,3)4)44-30(27(35)29(28)45-32(39)34(5,6)7)43-24-16-13-22(14-17-24)15-18-26(37)40-19-23-11-9-8-10-12-23/h8-14,16-17,25,27-30H,15,18-20H2,1-7H3/t25-,27+,28-,29-,30-/m1/s1. The Balaban J connectivity index is 1.72. The van der Waals surface area contributed by atoms with Crippen LogP contribution >= 0.6 is 0 Å². The molecule has 1 saturated heterocycles. The third kappa shape index (κ3) is 10.8. The molecular weight excluding hydrogens is 587 g/mol. The highest BCUT2D eigenvalue weighted by molar-refractivity contribution is 5.76. The Morgan fingerprint density at radius 3 is 1.98 bits per heavy atom. The summed E-state index contributed by atoms with van der Waals surface area (Å²) in [6.45, 7) is 10.7. The summed E-state index contributed by atoms with van der Waals surface area (Å²) in [4.78, 5) is 49.5. The lowest BCUT2D eigenvalue weighted by Gasteiger charge is -2.42. The van der Waals surface area contributed by atoms with Gasteiger partial charge in [-0.15, -0.1) is 0 Å². The first-order chi connectivity index (χ1) is 21.0. The van der Waals surface area contributed by atoms with Gasteiger partial charge in [0, 0.05) is 13.3 Å². The molecule has 1 aliphatic rings. The van der Waals surface area contributed by atoms with Crippen molar-refractivity contribution in [2.45, 2.75) is 98.7 Å². The third-order valence-electron chi connectivity index (χ3n) is 6.76. The summed E-state index contributed by atoms with van der Waals surface area (Å²) in [7, 11) is 0. The third-order valence-corrected chi connectivity index (χ3v) is 6.76. The average molecular weight is 631 g/mol. The molecule has 0 unspecified atom stereocenters. The minimum absolute atomic E-state index is 0.165. The number of halogens is 1. The Morgan fingerprint density at radius 2 is 1.40 bits per heavy atom. The number of ether oxygens (including phenoxy) is 6. The van der Waals surface area contributed by atoms with Crippen LogP contribution in [0.2, 0.25) is 0 Å². The molecule has 0 N–H and O–H groups in total. The molecular formula is C34H43FO10. The van der Waals surface area contributed by atoms with Crippen LogP contribution in [-0.2, 0) is 55.9 Å². The summed E-state index contributed by atoms with van der Waals surface area (Å²) >= 11 is 0. The summed E-state index contributed by atoms with van der Waals surface area (Å²) in [6, 6.07) is 16.0. The number of esters is 4. The Kier molecular flexibility index (Phi) is 12.1. The van der Waals surface area contributed by atoms with Gasteiger partial charge in [0.1, 0.15) is 25.1 Å². The van der Waals surface area contributed by atoms with E-state index >= 15 is 4.39 Å². The van der Waals surface area contributed by atoms with Crippen molar-refractivity contribution in [2.24, 2.45) is 10.8 Å². The van der Waals surface area contributed by atoms with Crippen LogP contribution in [-0.4, -0.2) is 61.3 Å². The van der Waals surface area contributed by atoms with E-state index in [1.807, 2.05) is 30.3 Å². The van der Waals surface area contributed by atoms with Crippen LogP contribution in [0.25, 0.3) is 0 Å². The van der Waals surface area contributed by atoms with Crippen LogP contribution in [0.4, 0.5) is 4.39 Å². The molecule has 10 nitrogen and oxygen atoms in total. The van der Waals surface area contributed by atoms with Crippen LogP contribution in [0, 0.1) is 10.8 Å². The van der Waals surface area contributed by atoms with Crippen molar-refractivity contribution >= 4 is 23.9 Å². The molecule has 1 fully saturated rings. The zero-order chi connectivity index (χ0) is 33.4. The first-order valence-corrected chi connectivity index (χ1v) is 14.8. The lowest BCUT2D eigenvalue weighted by atomic mass is 9.95. The molecule has 0 saturated carbocycles. The number of hydrogen-bond donors (Lipinski definition) is 0. The van der Waals surface area contributed by atoms with E-state index < -0.39 is 66.1 Å². The van der Waals surface area contributed by atoms with E-state index in [9.17, 15) is 19.2 Å². The minimum atomic E-state index is -2.07. The van der Waals surface area contributed by atoms with Gasteiger partial charge >= 0.3 is 23.9 Å². The zero-order valence-corrected chi connectivity index (χ0v) is 26.9. The molecule has 0 aliphatic carbocycles. The maximum absolute atomic E-state index is 16.0. The van der Waals surface area contributed by atoms with Crippen LogP contribution in [0.15, 0.2) is 54.6 Å². The Labute approximate surface area is 263 Å². The van der Waals surface area contributed by atoms with Crippen molar-refractivity contribution in [1.29, 1.82) is 0 Å². The number of carbonyl (C=O) groups is 4. The van der Waals surface area contributed by atoms with E-state index in [1.54, 1.807) is 65.8 Å². The van der Waals surface area contributed by atoms with E-state index in [2.05, 4.69) is 0 Å².